The number of nitrogens with one attached hydrogen (secondary N) is 1. The molecule has 0 atom stereocenters. The summed E-state index contributed by atoms with van der Waals surface area (Å²) in [7, 11) is 0. The van der Waals surface area contributed by atoms with Gasteiger partial charge in [-0.25, -0.2) is 0 Å². The highest BCUT2D eigenvalue weighted by atomic mass is 32.1. The number of para-hydroxylation sites is 2. The van der Waals surface area contributed by atoms with Crippen LogP contribution in [0.15, 0.2) is 84.9 Å². The van der Waals surface area contributed by atoms with Crippen LogP contribution in [0, 0.1) is 0 Å². The fourth-order valence-electron chi connectivity index (χ4n) is 2.82. The zero-order valence-corrected chi connectivity index (χ0v) is 16.4. The van der Waals surface area contributed by atoms with Crippen molar-refractivity contribution in [3.05, 3.63) is 101 Å². The van der Waals surface area contributed by atoms with Gasteiger partial charge in [-0.1, -0.05) is 72.0 Å². The average molecular weight is 401 g/mol. The molecule has 3 aromatic carbocycles. The third kappa shape index (κ3) is 5.06. The van der Waals surface area contributed by atoms with Gasteiger partial charge in [0, 0.05) is 6.42 Å². The van der Waals surface area contributed by atoms with Crippen molar-refractivity contribution in [2.24, 2.45) is 0 Å². The molecular formula is C23H19N3O2S. The predicted octanol–water partition coefficient (Wildman–Crippen LogP) is 5.37. The molecule has 144 valence electrons. The fourth-order valence-corrected chi connectivity index (χ4v) is 3.56. The number of carbonyl (C=O) groups is 1. The van der Waals surface area contributed by atoms with Crippen LogP contribution >= 0.6 is 11.3 Å². The fraction of sp³-hybridized carbons (Fsp3) is 0.0870. The lowest BCUT2D eigenvalue weighted by Crippen LogP contribution is -2.12. The molecule has 0 saturated carbocycles. The maximum absolute atomic E-state index is 12.8. The normalized spacial score (nSPS) is 10.5. The minimum absolute atomic E-state index is 0.276. The second kappa shape index (κ2) is 9.12. The molecule has 0 spiro atoms. The number of amides is 1. The lowest BCUT2D eigenvalue weighted by molar-refractivity contribution is 0.102. The maximum atomic E-state index is 12.8. The number of hydrogen-bond acceptors (Lipinski definition) is 5. The topological polar surface area (TPSA) is 64.1 Å². The van der Waals surface area contributed by atoms with Crippen LogP contribution in [-0.4, -0.2) is 16.1 Å². The van der Waals surface area contributed by atoms with E-state index in [1.807, 2.05) is 54.6 Å². The second-order valence-electron chi connectivity index (χ2n) is 6.35. The van der Waals surface area contributed by atoms with Gasteiger partial charge in [-0.2, -0.15) is 0 Å². The van der Waals surface area contributed by atoms with Gasteiger partial charge >= 0.3 is 0 Å². The standard InChI is InChI=1S/C23H19N3O2S/c27-22(19-13-7-8-14-20(19)28-18-11-5-2-6-12-18)24-23-26-25-21(29-23)16-15-17-9-3-1-4-10-17/h1-14H,15-16H2,(H,24,26,27). The Hall–Kier alpha value is -3.51. The summed E-state index contributed by atoms with van der Waals surface area (Å²) in [5, 5.41) is 12.5. The van der Waals surface area contributed by atoms with E-state index in [9.17, 15) is 4.79 Å². The number of nitrogens with zero attached hydrogens (tertiary/aromatic N) is 2. The van der Waals surface area contributed by atoms with Crippen molar-refractivity contribution < 1.29 is 9.53 Å². The summed E-state index contributed by atoms with van der Waals surface area (Å²) in [5.74, 6) is 0.888. The Balaban J connectivity index is 1.42. The summed E-state index contributed by atoms with van der Waals surface area (Å²) >= 11 is 1.39. The molecule has 0 aliphatic rings. The van der Waals surface area contributed by atoms with Crippen molar-refractivity contribution in [2.75, 3.05) is 5.32 Å². The van der Waals surface area contributed by atoms with E-state index in [1.165, 1.54) is 16.9 Å². The first kappa shape index (κ1) is 18.8. The molecule has 0 unspecified atom stereocenters. The molecule has 1 amide bonds. The van der Waals surface area contributed by atoms with E-state index in [0.717, 1.165) is 17.8 Å². The molecule has 1 aromatic heterocycles. The molecule has 0 saturated heterocycles. The van der Waals surface area contributed by atoms with Crippen molar-refractivity contribution in [3.8, 4) is 11.5 Å². The third-order valence-corrected chi connectivity index (χ3v) is 5.16. The van der Waals surface area contributed by atoms with E-state index < -0.39 is 0 Å². The largest absolute Gasteiger partial charge is 0.457 e. The van der Waals surface area contributed by atoms with Crippen LogP contribution in [0.25, 0.3) is 0 Å². The number of aryl methyl sites for hydroxylation is 2. The molecule has 0 aliphatic carbocycles. The highest BCUT2D eigenvalue weighted by Gasteiger charge is 2.15. The van der Waals surface area contributed by atoms with Gasteiger partial charge in [-0.15, -0.1) is 10.2 Å². The number of carbonyl (C=O) groups excluding carboxylic acids is 1. The summed E-state index contributed by atoms with van der Waals surface area (Å²) in [5.41, 5.74) is 1.69. The predicted molar refractivity (Wildman–Crippen MR) is 115 cm³/mol. The van der Waals surface area contributed by atoms with Crippen LogP contribution in [0.5, 0.6) is 11.5 Å². The molecule has 6 heteroatoms. The third-order valence-electron chi connectivity index (χ3n) is 4.26. The molecular weight excluding hydrogens is 382 g/mol. The highest BCUT2D eigenvalue weighted by molar-refractivity contribution is 7.15. The monoisotopic (exact) mass is 401 g/mol. The van der Waals surface area contributed by atoms with E-state index in [2.05, 4.69) is 27.6 Å². The molecule has 29 heavy (non-hydrogen) atoms. The van der Waals surface area contributed by atoms with E-state index in [-0.39, 0.29) is 5.91 Å². The summed E-state index contributed by atoms with van der Waals surface area (Å²) in [6, 6.07) is 26.7. The average Bonchev–Trinajstić information content (AvgIpc) is 3.21. The zero-order chi connectivity index (χ0) is 19.9. The number of anilines is 1. The Kier molecular flexibility index (Phi) is 5.92. The first-order valence-corrected chi connectivity index (χ1v) is 10.1. The SMILES string of the molecule is O=C(Nc1nnc(CCc2ccccc2)s1)c1ccccc1Oc1ccccc1. The molecule has 0 bridgehead atoms. The van der Waals surface area contributed by atoms with Crippen molar-refractivity contribution in [3.63, 3.8) is 0 Å². The number of aromatic nitrogens is 2. The summed E-state index contributed by atoms with van der Waals surface area (Å²) < 4.78 is 5.87. The quantitative estimate of drug-likeness (QED) is 0.452. The summed E-state index contributed by atoms with van der Waals surface area (Å²) in [6.07, 6.45) is 1.67. The highest BCUT2D eigenvalue weighted by Crippen LogP contribution is 2.26. The van der Waals surface area contributed by atoms with Gasteiger partial charge in [-0.3, -0.25) is 10.1 Å². The van der Waals surface area contributed by atoms with E-state index in [4.69, 9.17) is 4.74 Å². The number of hydrogen-bond donors (Lipinski definition) is 1. The summed E-state index contributed by atoms with van der Waals surface area (Å²) in [4.78, 5) is 12.8. The van der Waals surface area contributed by atoms with Crippen LogP contribution < -0.4 is 10.1 Å². The van der Waals surface area contributed by atoms with Crippen LogP contribution in [0.1, 0.15) is 20.9 Å². The first-order chi connectivity index (χ1) is 14.3. The Labute approximate surface area is 173 Å². The maximum Gasteiger partial charge on any atom is 0.261 e. The van der Waals surface area contributed by atoms with Crippen molar-refractivity contribution >= 4 is 22.4 Å². The van der Waals surface area contributed by atoms with Gasteiger partial charge in [0.2, 0.25) is 5.13 Å². The number of rotatable bonds is 7. The molecule has 5 nitrogen and oxygen atoms in total. The lowest BCUT2D eigenvalue weighted by atomic mass is 10.1. The minimum Gasteiger partial charge on any atom is -0.457 e. The molecule has 4 aromatic rings. The molecule has 1 N–H and O–H groups in total. The van der Waals surface area contributed by atoms with Crippen LogP contribution in [0.2, 0.25) is 0 Å². The van der Waals surface area contributed by atoms with Crippen LogP contribution in [0.4, 0.5) is 5.13 Å². The van der Waals surface area contributed by atoms with Crippen molar-refractivity contribution in [1.29, 1.82) is 0 Å². The van der Waals surface area contributed by atoms with Crippen LogP contribution in [0.3, 0.4) is 0 Å². The van der Waals surface area contributed by atoms with Gasteiger partial charge in [0.05, 0.1) is 5.56 Å². The summed E-state index contributed by atoms with van der Waals surface area (Å²) in [6.45, 7) is 0. The second-order valence-corrected chi connectivity index (χ2v) is 7.41. The van der Waals surface area contributed by atoms with Gasteiger partial charge in [-0.05, 0) is 36.2 Å². The Morgan fingerprint density at radius 1 is 0.828 bits per heavy atom. The molecule has 0 fully saturated rings. The lowest BCUT2D eigenvalue weighted by Gasteiger charge is -2.10. The van der Waals surface area contributed by atoms with Crippen molar-refractivity contribution in [1.82, 2.24) is 10.2 Å². The van der Waals surface area contributed by atoms with Gasteiger partial charge in [0.25, 0.3) is 5.91 Å². The first-order valence-electron chi connectivity index (χ1n) is 9.27. The van der Waals surface area contributed by atoms with Gasteiger partial charge in [0.1, 0.15) is 16.5 Å². The molecule has 4 rings (SSSR count). The number of ether oxygens (including phenoxy) is 1. The Bertz CT molecular complexity index is 1080. The van der Waals surface area contributed by atoms with Gasteiger partial charge in [0.15, 0.2) is 0 Å². The molecule has 0 radical (unpaired) electrons. The van der Waals surface area contributed by atoms with Gasteiger partial charge < -0.3 is 4.74 Å². The Morgan fingerprint density at radius 3 is 2.31 bits per heavy atom. The van der Waals surface area contributed by atoms with E-state index in [0.29, 0.717) is 22.2 Å². The zero-order valence-electron chi connectivity index (χ0n) is 15.6. The molecule has 1 heterocycles. The Morgan fingerprint density at radius 2 is 1.52 bits per heavy atom. The number of benzene rings is 3. The van der Waals surface area contributed by atoms with E-state index in [1.54, 1.807) is 18.2 Å². The van der Waals surface area contributed by atoms with E-state index >= 15 is 0 Å². The van der Waals surface area contributed by atoms with Crippen LogP contribution in [-0.2, 0) is 12.8 Å². The minimum atomic E-state index is -0.276. The van der Waals surface area contributed by atoms with Crippen molar-refractivity contribution in [2.45, 2.75) is 12.8 Å². The smallest absolute Gasteiger partial charge is 0.261 e. The molecule has 0 aliphatic heterocycles.